The van der Waals surface area contributed by atoms with Crippen molar-refractivity contribution in [3.63, 3.8) is 0 Å². The van der Waals surface area contributed by atoms with Gasteiger partial charge in [0.2, 0.25) is 0 Å². The number of aliphatic hydroxyl groups excluding tert-OH is 1. The predicted octanol–water partition coefficient (Wildman–Crippen LogP) is -0.0251. The highest BCUT2D eigenvalue weighted by molar-refractivity contribution is 7.13. The molecule has 1 heterocycles. The summed E-state index contributed by atoms with van der Waals surface area (Å²) in [6, 6.07) is 0. The molecule has 0 fully saturated rings. The van der Waals surface area contributed by atoms with Crippen molar-refractivity contribution in [3.8, 4) is 0 Å². The van der Waals surface area contributed by atoms with Crippen molar-refractivity contribution < 1.29 is 14.4 Å². The van der Waals surface area contributed by atoms with Crippen LogP contribution in [0, 0.1) is 6.92 Å². The topological polar surface area (TPSA) is 87.4 Å². The first-order valence-electron chi connectivity index (χ1n) is 4.98. The van der Waals surface area contributed by atoms with Gasteiger partial charge >= 0.3 is 0 Å². The van der Waals surface area contributed by atoms with Gasteiger partial charge in [-0.05, 0) is 13.3 Å². The summed E-state index contributed by atoms with van der Waals surface area (Å²) in [7, 11) is 2.40. The predicted molar refractivity (Wildman–Crippen MR) is 61.8 cm³/mol. The van der Waals surface area contributed by atoms with Gasteiger partial charge < -0.3 is 20.0 Å². The van der Waals surface area contributed by atoms with E-state index in [1.807, 2.05) is 0 Å². The van der Waals surface area contributed by atoms with Crippen LogP contribution in [-0.4, -0.2) is 29.3 Å². The highest BCUT2D eigenvalue weighted by atomic mass is 31.0. The number of aromatic nitrogens is 1. The van der Waals surface area contributed by atoms with Crippen molar-refractivity contribution in [2.24, 2.45) is 0 Å². The van der Waals surface area contributed by atoms with Crippen LogP contribution in [0.15, 0.2) is 4.52 Å². The molecule has 16 heavy (non-hydrogen) atoms. The summed E-state index contributed by atoms with van der Waals surface area (Å²) < 4.78 is 4.82. The standard InChI is InChI=1S/C9H16N3O3P/c1-6-7(5-13)15-12-8(6)9(14)10-3-2-4-11-16/h11,13H,2-5,16H2,1H3,(H,10,14). The van der Waals surface area contributed by atoms with Gasteiger partial charge in [-0.2, -0.15) is 0 Å². The number of carbonyl (C=O) groups is 1. The zero-order chi connectivity index (χ0) is 12.0. The Morgan fingerprint density at radius 3 is 2.88 bits per heavy atom. The van der Waals surface area contributed by atoms with Crippen LogP contribution in [-0.2, 0) is 6.61 Å². The molecule has 0 radical (unpaired) electrons. The fourth-order valence-electron chi connectivity index (χ4n) is 1.21. The molecule has 0 bridgehead atoms. The lowest BCUT2D eigenvalue weighted by Crippen LogP contribution is -2.26. The van der Waals surface area contributed by atoms with Crippen LogP contribution in [0.25, 0.3) is 0 Å². The number of rotatable bonds is 6. The molecule has 0 saturated carbocycles. The van der Waals surface area contributed by atoms with Gasteiger partial charge in [-0.1, -0.05) is 14.5 Å². The first kappa shape index (κ1) is 13.1. The second-order valence-electron chi connectivity index (χ2n) is 3.30. The second-order valence-corrected chi connectivity index (χ2v) is 3.71. The molecular formula is C9H16N3O3P. The number of hydrogen-bond donors (Lipinski definition) is 3. The van der Waals surface area contributed by atoms with Crippen molar-refractivity contribution in [1.82, 2.24) is 15.6 Å². The van der Waals surface area contributed by atoms with Crippen molar-refractivity contribution in [2.45, 2.75) is 20.0 Å². The Labute approximate surface area is 96.0 Å². The number of hydrogen-bond acceptors (Lipinski definition) is 5. The highest BCUT2D eigenvalue weighted by Gasteiger charge is 2.17. The minimum atomic E-state index is -0.273. The minimum Gasteiger partial charge on any atom is -0.388 e. The summed E-state index contributed by atoms with van der Waals surface area (Å²) in [6.07, 6.45) is 0.832. The van der Waals surface area contributed by atoms with Gasteiger partial charge in [-0.25, -0.2) is 0 Å². The number of nitrogens with zero attached hydrogens (tertiary/aromatic N) is 1. The Balaban J connectivity index is 2.49. The highest BCUT2D eigenvalue weighted by Crippen LogP contribution is 2.12. The number of amides is 1. The van der Waals surface area contributed by atoms with Gasteiger partial charge in [-0.3, -0.25) is 4.79 Å². The molecule has 3 N–H and O–H groups in total. The van der Waals surface area contributed by atoms with Gasteiger partial charge in [0.25, 0.3) is 5.91 Å². The minimum absolute atomic E-state index is 0.239. The number of aliphatic hydroxyl groups is 1. The molecule has 1 atom stereocenters. The normalized spacial score (nSPS) is 10.4. The van der Waals surface area contributed by atoms with Crippen LogP contribution in [0.2, 0.25) is 0 Å². The van der Waals surface area contributed by atoms with E-state index in [4.69, 9.17) is 9.63 Å². The van der Waals surface area contributed by atoms with E-state index in [1.165, 1.54) is 0 Å². The van der Waals surface area contributed by atoms with Crippen molar-refractivity contribution >= 4 is 15.3 Å². The van der Waals surface area contributed by atoms with Crippen molar-refractivity contribution in [1.29, 1.82) is 0 Å². The molecule has 90 valence electrons. The maximum absolute atomic E-state index is 11.6. The Hall–Kier alpha value is -0.970. The largest absolute Gasteiger partial charge is 0.388 e. The van der Waals surface area contributed by atoms with Crippen LogP contribution in [0.5, 0.6) is 0 Å². The quantitative estimate of drug-likeness (QED) is 0.484. The zero-order valence-electron chi connectivity index (χ0n) is 9.12. The fraction of sp³-hybridized carbons (Fsp3) is 0.556. The first-order valence-corrected chi connectivity index (χ1v) is 5.56. The van der Waals surface area contributed by atoms with Gasteiger partial charge in [0, 0.05) is 18.7 Å². The Bertz CT molecular complexity index is 354. The van der Waals surface area contributed by atoms with Gasteiger partial charge in [0.15, 0.2) is 11.5 Å². The Morgan fingerprint density at radius 1 is 1.56 bits per heavy atom. The molecule has 1 aromatic heterocycles. The maximum Gasteiger partial charge on any atom is 0.273 e. The Morgan fingerprint density at radius 2 is 2.31 bits per heavy atom. The van der Waals surface area contributed by atoms with E-state index in [-0.39, 0.29) is 18.2 Å². The van der Waals surface area contributed by atoms with E-state index < -0.39 is 0 Å². The summed E-state index contributed by atoms with van der Waals surface area (Å²) >= 11 is 0. The van der Waals surface area contributed by atoms with Crippen LogP contribution in [0.1, 0.15) is 28.2 Å². The molecule has 1 amide bonds. The third-order valence-corrected chi connectivity index (χ3v) is 2.45. The molecule has 0 saturated heterocycles. The van der Waals surface area contributed by atoms with E-state index in [2.05, 4.69) is 25.0 Å². The van der Waals surface area contributed by atoms with E-state index in [0.717, 1.165) is 13.0 Å². The lowest BCUT2D eigenvalue weighted by molar-refractivity contribution is 0.0943. The molecule has 1 rings (SSSR count). The smallest absolute Gasteiger partial charge is 0.273 e. The van der Waals surface area contributed by atoms with Gasteiger partial charge in [0.05, 0.1) is 0 Å². The van der Waals surface area contributed by atoms with Gasteiger partial charge in [0.1, 0.15) is 6.61 Å². The van der Waals surface area contributed by atoms with Crippen molar-refractivity contribution in [2.75, 3.05) is 13.1 Å². The van der Waals surface area contributed by atoms with Crippen LogP contribution in [0.4, 0.5) is 0 Å². The van der Waals surface area contributed by atoms with Crippen LogP contribution < -0.4 is 10.4 Å². The average Bonchev–Trinajstić information content (AvgIpc) is 2.65. The monoisotopic (exact) mass is 245 g/mol. The van der Waals surface area contributed by atoms with E-state index in [1.54, 1.807) is 6.92 Å². The fourth-order valence-corrected chi connectivity index (χ4v) is 1.41. The van der Waals surface area contributed by atoms with E-state index in [9.17, 15) is 4.79 Å². The second kappa shape index (κ2) is 6.58. The third-order valence-electron chi connectivity index (χ3n) is 2.16. The third kappa shape index (κ3) is 3.27. The molecule has 7 heteroatoms. The average molecular weight is 245 g/mol. The molecule has 6 nitrogen and oxygen atoms in total. The maximum atomic E-state index is 11.6. The molecule has 0 spiro atoms. The molecule has 0 aliphatic rings. The Kier molecular flexibility index (Phi) is 5.38. The van der Waals surface area contributed by atoms with Crippen molar-refractivity contribution in [3.05, 3.63) is 17.0 Å². The number of carbonyl (C=O) groups excluding carboxylic acids is 1. The molecule has 0 aromatic carbocycles. The lowest BCUT2D eigenvalue weighted by atomic mass is 10.2. The van der Waals surface area contributed by atoms with Crippen LogP contribution in [0.3, 0.4) is 0 Å². The van der Waals surface area contributed by atoms with Crippen LogP contribution >= 0.6 is 9.39 Å². The summed E-state index contributed by atoms with van der Waals surface area (Å²) in [5.74, 6) is 0.0569. The molecular weight excluding hydrogens is 229 g/mol. The molecule has 0 aliphatic carbocycles. The van der Waals surface area contributed by atoms with E-state index >= 15 is 0 Å². The molecule has 0 aliphatic heterocycles. The summed E-state index contributed by atoms with van der Waals surface area (Å²) in [5.41, 5.74) is 0.826. The lowest BCUT2D eigenvalue weighted by Gasteiger charge is -2.02. The van der Waals surface area contributed by atoms with E-state index in [0.29, 0.717) is 17.9 Å². The van der Waals surface area contributed by atoms with Gasteiger partial charge in [-0.15, -0.1) is 0 Å². The number of nitrogens with one attached hydrogen (secondary N) is 2. The summed E-state index contributed by atoms with van der Waals surface area (Å²) in [5, 5.41) is 18.1. The zero-order valence-corrected chi connectivity index (χ0v) is 10.3. The molecule has 1 aromatic rings. The molecule has 1 unspecified atom stereocenters. The summed E-state index contributed by atoms with van der Waals surface area (Å²) in [4.78, 5) is 11.6. The summed E-state index contributed by atoms with van der Waals surface area (Å²) in [6.45, 7) is 2.83. The first-order chi connectivity index (χ1) is 7.70. The SMILES string of the molecule is Cc1c(C(=O)NCCCNP)noc1CO.